The normalized spacial score (nSPS) is 23.0. The molecule has 0 aromatic carbocycles. The molecule has 2 N–H and O–H groups in total. The smallest absolute Gasteiger partial charge is 0.220 e. The van der Waals surface area contributed by atoms with Crippen molar-refractivity contribution in [1.29, 1.82) is 0 Å². The molecule has 1 aromatic heterocycles. The molecular weight excluding hydrogens is 276 g/mol. The summed E-state index contributed by atoms with van der Waals surface area (Å²) >= 11 is 0. The summed E-state index contributed by atoms with van der Waals surface area (Å²) in [5.74, 6) is 0.129. The Morgan fingerprint density at radius 2 is 2.36 bits per heavy atom. The van der Waals surface area contributed by atoms with E-state index < -0.39 is 0 Å². The van der Waals surface area contributed by atoms with E-state index in [1.165, 1.54) is 5.57 Å². The number of aryl methyl sites for hydroxylation is 1. The van der Waals surface area contributed by atoms with Gasteiger partial charge in [-0.2, -0.15) is 5.10 Å². The lowest BCUT2D eigenvalue weighted by atomic mass is 9.92. The van der Waals surface area contributed by atoms with E-state index in [2.05, 4.69) is 42.6 Å². The minimum Gasteiger partial charge on any atom is -0.348 e. The Hall–Kier alpha value is -1.62. The highest BCUT2D eigenvalue weighted by molar-refractivity contribution is 5.77. The van der Waals surface area contributed by atoms with Crippen LogP contribution >= 0.6 is 0 Å². The average molecular weight is 304 g/mol. The van der Waals surface area contributed by atoms with Crippen molar-refractivity contribution < 1.29 is 4.79 Å². The van der Waals surface area contributed by atoms with Gasteiger partial charge in [0.15, 0.2) is 0 Å². The van der Waals surface area contributed by atoms with Gasteiger partial charge in [0.2, 0.25) is 5.91 Å². The van der Waals surface area contributed by atoms with E-state index in [0.29, 0.717) is 12.5 Å². The number of carbonyl (C=O) groups excluding carboxylic acids is 1. The van der Waals surface area contributed by atoms with Crippen molar-refractivity contribution >= 4 is 5.91 Å². The number of nitrogens with one attached hydrogen (secondary N) is 2. The summed E-state index contributed by atoms with van der Waals surface area (Å²) in [5, 5.41) is 11.0. The summed E-state index contributed by atoms with van der Waals surface area (Å²) in [6.07, 6.45) is 9.77. The third-order valence-corrected chi connectivity index (χ3v) is 4.14. The first-order chi connectivity index (χ1) is 10.5. The summed E-state index contributed by atoms with van der Waals surface area (Å²) in [6.45, 7) is 6.48. The van der Waals surface area contributed by atoms with Gasteiger partial charge >= 0.3 is 0 Å². The van der Waals surface area contributed by atoms with Gasteiger partial charge in [-0.25, -0.2) is 0 Å². The van der Waals surface area contributed by atoms with Crippen LogP contribution in [0.1, 0.15) is 58.1 Å². The third kappa shape index (κ3) is 4.70. The average Bonchev–Trinajstić information content (AvgIpc) is 2.87. The minimum atomic E-state index is 0.0147. The number of piperidine rings is 1. The van der Waals surface area contributed by atoms with Crippen molar-refractivity contribution in [2.24, 2.45) is 7.05 Å². The summed E-state index contributed by atoms with van der Waals surface area (Å²) in [5.41, 5.74) is 2.44. The summed E-state index contributed by atoms with van der Waals surface area (Å²) < 4.78 is 1.78. The number of carbonyl (C=O) groups is 1. The van der Waals surface area contributed by atoms with Crippen LogP contribution in [-0.2, 0) is 11.8 Å². The van der Waals surface area contributed by atoms with Crippen molar-refractivity contribution in [2.45, 2.75) is 64.6 Å². The summed E-state index contributed by atoms with van der Waals surface area (Å²) in [7, 11) is 1.90. The lowest BCUT2D eigenvalue weighted by Crippen LogP contribution is -2.50. The zero-order chi connectivity index (χ0) is 16.1. The lowest BCUT2D eigenvalue weighted by Gasteiger charge is -2.34. The van der Waals surface area contributed by atoms with Crippen LogP contribution in [-0.4, -0.2) is 27.8 Å². The molecule has 1 amide bonds. The predicted molar refractivity (Wildman–Crippen MR) is 88.4 cm³/mol. The van der Waals surface area contributed by atoms with Gasteiger partial charge in [-0.1, -0.05) is 11.6 Å². The van der Waals surface area contributed by atoms with E-state index >= 15 is 0 Å². The molecule has 0 saturated carbocycles. The molecular formula is C17H28N4O. The monoisotopic (exact) mass is 304 g/mol. The van der Waals surface area contributed by atoms with E-state index in [-0.39, 0.29) is 18.0 Å². The van der Waals surface area contributed by atoms with Gasteiger partial charge in [-0.3, -0.25) is 9.48 Å². The number of aromatic nitrogens is 2. The Bertz CT molecular complexity index is 531. The van der Waals surface area contributed by atoms with Gasteiger partial charge in [0, 0.05) is 37.3 Å². The molecule has 5 nitrogen and oxygen atoms in total. The van der Waals surface area contributed by atoms with E-state index in [1.54, 1.807) is 4.68 Å². The lowest BCUT2D eigenvalue weighted by molar-refractivity contribution is -0.124. The third-order valence-electron chi connectivity index (χ3n) is 4.14. The quantitative estimate of drug-likeness (QED) is 0.794. The van der Waals surface area contributed by atoms with Gasteiger partial charge < -0.3 is 10.6 Å². The molecule has 1 fully saturated rings. The molecule has 0 radical (unpaired) electrons. The zero-order valence-electron chi connectivity index (χ0n) is 14.1. The molecule has 0 aliphatic carbocycles. The first-order valence-electron chi connectivity index (χ1n) is 8.13. The fourth-order valence-corrected chi connectivity index (χ4v) is 2.97. The Labute approximate surface area is 133 Å². The van der Waals surface area contributed by atoms with Crippen molar-refractivity contribution in [1.82, 2.24) is 20.4 Å². The number of amides is 1. The van der Waals surface area contributed by atoms with E-state index in [0.717, 1.165) is 24.8 Å². The van der Waals surface area contributed by atoms with Gasteiger partial charge in [-0.05, 0) is 40.0 Å². The van der Waals surface area contributed by atoms with E-state index in [4.69, 9.17) is 0 Å². The van der Waals surface area contributed by atoms with Crippen molar-refractivity contribution in [3.63, 3.8) is 0 Å². The largest absolute Gasteiger partial charge is 0.348 e. The highest BCUT2D eigenvalue weighted by atomic mass is 16.1. The van der Waals surface area contributed by atoms with Crippen LogP contribution in [0.4, 0.5) is 0 Å². The Kier molecular flexibility index (Phi) is 5.77. The fourth-order valence-electron chi connectivity index (χ4n) is 2.97. The molecule has 1 aliphatic rings. The summed E-state index contributed by atoms with van der Waals surface area (Å²) in [4.78, 5) is 11.8. The highest BCUT2D eigenvalue weighted by Gasteiger charge is 2.31. The maximum absolute atomic E-state index is 11.8. The molecule has 2 rings (SSSR count). The predicted octanol–water partition coefficient (Wildman–Crippen LogP) is 2.46. The first-order valence-corrected chi connectivity index (χ1v) is 8.13. The standard InChI is InChI=1S/C17H28N4O/c1-12(2)6-5-7-13(3)19-15-8-9-16(22)20-17(15)14-10-18-21(4)11-14/h6,10-11,13,15,17,19H,5,7-9H2,1-4H3,(H,20,22)/t13-,15+,17-/m0/s1. The van der Waals surface area contributed by atoms with Crippen molar-refractivity contribution in [3.8, 4) is 0 Å². The van der Waals surface area contributed by atoms with Crippen LogP contribution < -0.4 is 10.6 Å². The second kappa shape index (κ2) is 7.58. The number of nitrogens with zero attached hydrogens (tertiary/aromatic N) is 2. The maximum atomic E-state index is 11.8. The number of allylic oxidation sites excluding steroid dienone is 2. The second-order valence-electron chi connectivity index (χ2n) is 6.56. The van der Waals surface area contributed by atoms with E-state index in [1.807, 2.05) is 19.4 Å². The first kappa shape index (κ1) is 16.7. The highest BCUT2D eigenvalue weighted by Crippen LogP contribution is 2.24. The molecule has 122 valence electrons. The summed E-state index contributed by atoms with van der Waals surface area (Å²) in [6, 6.07) is 0.708. The Morgan fingerprint density at radius 3 is 3.00 bits per heavy atom. The van der Waals surface area contributed by atoms with Crippen LogP contribution in [0.2, 0.25) is 0 Å². The molecule has 0 unspecified atom stereocenters. The van der Waals surface area contributed by atoms with Gasteiger partial charge in [0.25, 0.3) is 0 Å². The molecule has 0 bridgehead atoms. The molecule has 1 aliphatic heterocycles. The molecule has 5 heteroatoms. The number of rotatable bonds is 6. The Balaban J connectivity index is 1.97. The molecule has 0 spiro atoms. The maximum Gasteiger partial charge on any atom is 0.220 e. The van der Waals surface area contributed by atoms with Crippen molar-refractivity contribution in [3.05, 3.63) is 29.6 Å². The topological polar surface area (TPSA) is 59.0 Å². The van der Waals surface area contributed by atoms with Gasteiger partial charge in [0.05, 0.1) is 12.2 Å². The Morgan fingerprint density at radius 1 is 1.59 bits per heavy atom. The molecule has 2 heterocycles. The zero-order valence-corrected chi connectivity index (χ0v) is 14.1. The van der Waals surface area contributed by atoms with Crippen LogP contribution in [0, 0.1) is 0 Å². The van der Waals surface area contributed by atoms with Crippen LogP contribution in [0.25, 0.3) is 0 Å². The second-order valence-corrected chi connectivity index (χ2v) is 6.56. The van der Waals surface area contributed by atoms with Crippen LogP contribution in [0.3, 0.4) is 0 Å². The molecule has 1 aromatic rings. The van der Waals surface area contributed by atoms with Gasteiger partial charge in [0.1, 0.15) is 0 Å². The SMILES string of the molecule is CC(C)=CCC[C@H](C)N[C@@H]1CCC(=O)N[C@H]1c1cnn(C)c1. The molecule has 22 heavy (non-hydrogen) atoms. The van der Waals surface area contributed by atoms with Crippen molar-refractivity contribution in [2.75, 3.05) is 0 Å². The van der Waals surface area contributed by atoms with Crippen LogP contribution in [0.15, 0.2) is 24.0 Å². The minimum absolute atomic E-state index is 0.0147. The van der Waals surface area contributed by atoms with Crippen LogP contribution in [0.5, 0.6) is 0 Å². The number of hydrogen-bond acceptors (Lipinski definition) is 3. The fraction of sp³-hybridized carbons (Fsp3) is 0.647. The number of hydrogen-bond donors (Lipinski definition) is 2. The van der Waals surface area contributed by atoms with Gasteiger partial charge in [-0.15, -0.1) is 0 Å². The van der Waals surface area contributed by atoms with E-state index in [9.17, 15) is 4.79 Å². The molecule has 1 saturated heterocycles. The molecule has 3 atom stereocenters.